The summed E-state index contributed by atoms with van der Waals surface area (Å²) in [4.78, 5) is 4.41. The molecular formula is C14H24IN3O3S. The van der Waals surface area contributed by atoms with Gasteiger partial charge in [0.2, 0.25) is 0 Å². The van der Waals surface area contributed by atoms with E-state index in [4.69, 9.17) is 4.74 Å². The van der Waals surface area contributed by atoms with E-state index < -0.39 is 9.84 Å². The maximum Gasteiger partial charge on any atom is 0.191 e. The normalized spacial score (nSPS) is 11.6. The summed E-state index contributed by atoms with van der Waals surface area (Å²) in [6, 6.07) is 8.50. The Morgan fingerprint density at radius 1 is 1.18 bits per heavy atom. The second-order valence-corrected chi connectivity index (χ2v) is 6.51. The number of nitrogens with one attached hydrogen (secondary N) is 2. The van der Waals surface area contributed by atoms with Crippen molar-refractivity contribution in [2.75, 3.05) is 39.6 Å². The molecule has 8 heteroatoms. The van der Waals surface area contributed by atoms with Gasteiger partial charge in [0.1, 0.15) is 0 Å². The van der Waals surface area contributed by atoms with Gasteiger partial charge >= 0.3 is 0 Å². The molecule has 0 aliphatic carbocycles. The van der Waals surface area contributed by atoms with E-state index in [0.29, 0.717) is 37.0 Å². The van der Waals surface area contributed by atoms with E-state index in [1.165, 1.54) is 0 Å². The lowest BCUT2D eigenvalue weighted by atomic mass is 10.4. The molecule has 2 N–H and O–H groups in total. The van der Waals surface area contributed by atoms with Crippen molar-refractivity contribution in [3.63, 3.8) is 0 Å². The molecule has 0 saturated carbocycles. The largest absolute Gasteiger partial charge is 0.383 e. The zero-order valence-corrected chi connectivity index (χ0v) is 16.1. The maximum atomic E-state index is 12.1. The SMILES string of the molecule is CN=C(NCCCS(=O)(=O)c1ccccc1)NCCOC.I. The van der Waals surface area contributed by atoms with Crippen LogP contribution in [-0.4, -0.2) is 54.0 Å². The Balaban J connectivity index is 0.00000441. The van der Waals surface area contributed by atoms with Crippen molar-refractivity contribution in [2.45, 2.75) is 11.3 Å². The summed E-state index contributed by atoms with van der Waals surface area (Å²) >= 11 is 0. The molecule has 0 aliphatic heterocycles. The quantitative estimate of drug-likeness (QED) is 0.275. The second-order valence-electron chi connectivity index (χ2n) is 4.40. The van der Waals surface area contributed by atoms with Gasteiger partial charge in [-0.3, -0.25) is 4.99 Å². The van der Waals surface area contributed by atoms with Crippen LogP contribution < -0.4 is 10.6 Å². The van der Waals surface area contributed by atoms with Crippen molar-refractivity contribution < 1.29 is 13.2 Å². The molecule has 0 aromatic heterocycles. The standard InChI is InChI=1S/C14H23N3O3S.HI/c1-15-14(17-10-11-20-2)16-9-6-12-21(18,19)13-7-4-3-5-8-13;/h3-5,7-8H,6,9-12H2,1-2H3,(H2,15,16,17);1H. The number of hydrogen-bond donors (Lipinski definition) is 2. The van der Waals surface area contributed by atoms with E-state index in [2.05, 4.69) is 15.6 Å². The number of nitrogens with zero attached hydrogens (tertiary/aromatic N) is 1. The topological polar surface area (TPSA) is 79.8 Å². The van der Waals surface area contributed by atoms with Gasteiger partial charge in [-0.1, -0.05) is 18.2 Å². The summed E-state index contributed by atoms with van der Waals surface area (Å²) in [5.74, 6) is 0.753. The van der Waals surface area contributed by atoms with Crippen LogP contribution in [0.3, 0.4) is 0 Å². The predicted octanol–water partition coefficient (Wildman–Crippen LogP) is 1.28. The molecule has 0 bridgehead atoms. The molecule has 22 heavy (non-hydrogen) atoms. The van der Waals surface area contributed by atoms with Crippen LogP contribution >= 0.6 is 24.0 Å². The van der Waals surface area contributed by atoms with E-state index in [0.717, 1.165) is 0 Å². The average Bonchev–Trinajstić information content (AvgIpc) is 2.50. The van der Waals surface area contributed by atoms with Gasteiger partial charge in [0.05, 0.1) is 17.3 Å². The molecule has 0 fully saturated rings. The Bertz CT molecular complexity index is 536. The molecule has 0 amide bonds. The third kappa shape index (κ3) is 7.95. The Morgan fingerprint density at radius 2 is 1.82 bits per heavy atom. The average molecular weight is 441 g/mol. The smallest absolute Gasteiger partial charge is 0.191 e. The van der Waals surface area contributed by atoms with Gasteiger partial charge in [0.25, 0.3) is 0 Å². The Kier molecular flexibility index (Phi) is 11.2. The fourth-order valence-electron chi connectivity index (χ4n) is 1.71. The summed E-state index contributed by atoms with van der Waals surface area (Å²) in [6.07, 6.45) is 0.516. The van der Waals surface area contributed by atoms with Gasteiger partial charge < -0.3 is 15.4 Å². The fraction of sp³-hybridized carbons (Fsp3) is 0.500. The number of methoxy groups -OCH3 is 1. The predicted molar refractivity (Wildman–Crippen MR) is 99.8 cm³/mol. The minimum absolute atomic E-state index is 0. The Labute approximate surface area is 149 Å². The second kappa shape index (κ2) is 11.7. The lowest BCUT2D eigenvalue weighted by Crippen LogP contribution is -2.39. The summed E-state index contributed by atoms with van der Waals surface area (Å²) in [6.45, 7) is 1.78. The molecule has 6 nitrogen and oxygen atoms in total. The number of guanidine groups is 1. The molecule has 1 rings (SSSR count). The molecule has 0 aliphatic rings. The van der Waals surface area contributed by atoms with Crippen LogP contribution in [0.2, 0.25) is 0 Å². The summed E-state index contributed by atoms with van der Waals surface area (Å²) in [5, 5.41) is 6.14. The Morgan fingerprint density at radius 3 is 2.41 bits per heavy atom. The lowest BCUT2D eigenvalue weighted by Gasteiger charge is -2.11. The van der Waals surface area contributed by atoms with Gasteiger partial charge in [-0.2, -0.15) is 0 Å². The number of rotatable bonds is 8. The van der Waals surface area contributed by atoms with E-state index >= 15 is 0 Å². The summed E-state index contributed by atoms with van der Waals surface area (Å²) in [5.41, 5.74) is 0. The van der Waals surface area contributed by atoms with Crippen LogP contribution in [-0.2, 0) is 14.6 Å². The number of benzene rings is 1. The third-order valence-corrected chi connectivity index (χ3v) is 4.62. The zero-order chi connectivity index (χ0) is 15.6. The molecular weight excluding hydrogens is 417 g/mol. The highest BCUT2D eigenvalue weighted by Gasteiger charge is 2.12. The highest BCUT2D eigenvalue weighted by Crippen LogP contribution is 2.10. The first-order valence-corrected chi connectivity index (χ1v) is 8.46. The van der Waals surface area contributed by atoms with Crippen LogP contribution in [0.4, 0.5) is 0 Å². The number of hydrogen-bond acceptors (Lipinski definition) is 4. The third-order valence-electron chi connectivity index (χ3n) is 2.81. The van der Waals surface area contributed by atoms with Gasteiger partial charge in [0, 0.05) is 27.2 Å². The van der Waals surface area contributed by atoms with Crippen LogP contribution in [0.1, 0.15) is 6.42 Å². The molecule has 0 radical (unpaired) electrons. The first-order valence-electron chi connectivity index (χ1n) is 6.81. The van der Waals surface area contributed by atoms with E-state index in [9.17, 15) is 8.42 Å². The number of sulfone groups is 1. The van der Waals surface area contributed by atoms with Crippen LogP contribution in [0.25, 0.3) is 0 Å². The maximum absolute atomic E-state index is 12.1. The molecule has 1 aromatic carbocycles. The first-order chi connectivity index (χ1) is 10.1. The van der Waals surface area contributed by atoms with Gasteiger partial charge in [-0.25, -0.2) is 8.42 Å². The molecule has 0 spiro atoms. The van der Waals surface area contributed by atoms with E-state index in [1.54, 1.807) is 44.5 Å². The zero-order valence-electron chi connectivity index (χ0n) is 12.9. The fourth-order valence-corrected chi connectivity index (χ4v) is 3.04. The number of ether oxygens (including phenoxy) is 1. The van der Waals surface area contributed by atoms with Crippen molar-refractivity contribution in [1.82, 2.24) is 10.6 Å². The molecule has 0 unspecified atom stereocenters. The van der Waals surface area contributed by atoms with Crippen molar-refractivity contribution in [3.8, 4) is 0 Å². The van der Waals surface area contributed by atoms with E-state index in [-0.39, 0.29) is 29.7 Å². The molecule has 0 atom stereocenters. The molecule has 0 heterocycles. The Hall–Kier alpha value is -0.870. The van der Waals surface area contributed by atoms with Crippen molar-refractivity contribution in [1.29, 1.82) is 0 Å². The highest BCUT2D eigenvalue weighted by atomic mass is 127. The van der Waals surface area contributed by atoms with Gasteiger partial charge in [-0.15, -0.1) is 24.0 Å². The van der Waals surface area contributed by atoms with Crippen molar-refractivity contribution >= 4 is 39.8 Å². The van der Waals surface area contributed by atoms with E-state index in [1.807, 2.05) is 0 Å². The summed E-state index contributed by atoms with van der Waals surface area (Å²) < 4.78 is 29.1. The minimum atomic E-state index is -3.21. The molecule has 126 valence electrons. The van der Waals surface area contributed by atoms with Gasteiger partial charge in [-0.05, 0) is 18.6 Å². The lowest BCUT2D eigenvalue weighted by molar-refractivity contribution is 0.203. The monoisotopic (exact) mass is 441 g/mol. The van der Waals surface area contributed by atoms with Gasteiger partial charge in [0.15, 0.2) is 15.8 Å². The first kappa shape index (κ1) is 21.1. The number of aliphatic imine (C=N–C) groups is 1. The number of halogens is 1. The van der Waals surface area contributed by atoms with Crippen molar-refractivity contribution in [2.24, 2.45) is 4.99 Å². The summed E-state index contributed by atoms with van der Waals surface area (Å²) in [7, 11) is 0.0946. The molecule has 0 saturated heterocycles. The van der Waals surface area contributed by atoms with Crippen LogP contribution in [0.15, 0.2) is 40.2 Å². The highest BCUT2D eigenvalue weighted by molar-refractivity contribution is 14.0. The van der Waals surface area contributed by atoms with Crippen LogP contribution in [0, 0.1) is 0 Å². The minimum Gasteiger partial charge on any atom is -0.383 e. The van der Waals surface area contributed by atoms with Crippen molar-refractivity contribution in [3.05, 3.63) is 30.3 Å². The van der Waals surface area contributed by atoms with Crippen LogP contribution in [0.5, 0.6) is 0 Å². The molecule has 1 aromatic rings.